The number of carbonyl (C=O) groups is 3. The number of hydrogen-bond donors (Lipinski definition) is 1. The molecule has 0 radical (unpaired) electrons. The first-order valence-electron chi connectivity index (χ1n) is 10.8. The Bertz CT molecular complexity index is 1250. The van der Waals surface area contributed by atoms with Crippen LogP contribution in [0.15, 0.2) is 30.3 Å². The van der Waals surface area contributed by atoms with Crippen LogP contribution in [0.2, 0.25) is 10.0 Å². The minimum atomic E-state index is -1.19. The highest BCUT2D eigenvalue weighted by atomic mass is 35.5. The van der Waals surface area contributed by atoms with Gasteiger partial charge in [-0.2, -0.15) is 0 Å². The van der Waals surface area contributed by atoms with E-state index in [0.29, 0.717) is 11.6 Å². The van der Waals surface area contributed by atoms with Crippen molar-refractivity contribution in [3.8, 4) is 0 Å². The zero-order valence-corrected chi connectivity index (χ0v) is 19.1. The Labute approximate surface area is 195 Å². The summed E-state index contributed by atoms with van der Waals surface area (Å²) in [5, 5.41) is 3.71. The van der Waals surface area contributed by atoms with Crippen molar-refractivity contribution in [1.29, 1.82) is 0 Å². The number of amides is 3. The van der Waals surface area contributed by atoms with E-state index in [1.54, 1.807) is 12.1 Å². The van der Waals surface area contributed by atoms with Crippen molar-refractivity contribution in [2.75, 3.05) is 16.8 Å². The van der Waals surface area contributed by atoms with Crippen molar-refractivity contribution < 1.29 is 14.4 Å². The first-order chi connectivity index (χ1) is 15.3. The number of benzene rings is 2. The normalized spacial score (nSPS) is 30.8. The van der Waals surface area contributed by atoms with Gasteiger partial charge in [-0.1, -0.05) is 40.9 Å². The molecule has 0 aliphatic carbocycles. The van der Waals surface area contributed by atoms with Gasteiger partial charge in [0.2, 0.25) is 17.7 Å². The molecule has 4 atom stereocenters. The second-order valence-corrected chi connectivity index (χ2v) is 10.1. The van der Waals surface area contributed by atoms with Crippen molar-refractivity contribution >= 4 is 52.3 Å². The van der Waals surface area contributed by atoms with Crippen molar-refractivity contribution in [1.82, 2.24) is 4.90 Å². The number of anilines is 2. The number of aryl methyl sites for hydroxylation is 2. The SMILES string of the molecule is Cc1cc(C)c2c(c1)[C@]1(C(=O)N2)[C@@H]2C(=O)N(c3cc(Cl)ccc3Cl)C(=O)[C@@H]2[C@H]2CCCN21. The fraction of sp³-hybridized carbons (Fsp3) is 0.375. The van der Waals surface area contributed by atoms with Gasteiger partial charge in [0.15, 0.2) is 0 Å². The maximum absolute atomic E-state index is 14.0. The number of nitrogens with one attached hydrogen (secondary N) is 1. The minimum Gasteiger partial charge on any atom is -0.324 e. The highest BCUT2D eigenvalue weighted by Crippen LogP contribution is 2.61. The zero-order valence-electron chi connectivity index (χ0n) is 17.6. The molecule has 1 N–H and O–H groups in total. The Kier molecular flexibility index (Phi) is 4.15. The molecule has 6 nitrogen and oxygen atoms in total. The molecular weight excluding hydrogens is 449 g/mol. The van der Waals surface area contributed by atoms with Gasteiger partial charge < -0.3 is 5.32 Å². The molecular formula is C24H21Cl2N3O3. The molecule has 6 rings (SSSR count). The van der Waals surface area contributed by atoms with Crippen molar-refractivity contribution in [2.24, 2.45) is 11.8 Å². The van der Waals surface area contributed by atoms with E-state index in [0.717, 1.165) is 40.1 Å². The van der Waals surface area contributed by atoms with E-state index in [-0.39, 0.29) is 34.5 Å². The molecule has 2 aromatic carbocycles. The summed E-state index contributed by atoms with van der Waals surface area (Å²) < 4.78 is 0. The second kappa shape index (κ2) is 6.56. The van der Waals surface area contributed by atoms with Crippen molar-refractivity contribution in [3.63, 3.8) is 0 Å². The average Bonchev–Trinajstić information content (AvgIpc) is 3.43. The van der Waals surface area contributed by atoms with Crippen LogP contribution in [0.1, 0.15) is 29.5 Å². The summed E-state index contributed by atoms with van der Waals surface area (Å²) in [6.45, 7) is 4.62. The van der Waals surface area contributed by atoms with Crippen LogP contribution in [0.5, 0.6) is 0 Å². The molecule has 3 amide bonds. The number of imide groups is 1. The standard InChI is InChI=1S/C24H21Cl2N3O3/c1-11-8-12(2)20-14(9-11)24(23(32)27-20)19-18(16-4-3-7-28(16)24)21(30)29(22(19)31)17-10-13(25)5-6-15(17)26/h5-6,8-10,16,18-19H,3-4,7H2,1-2H3,(H,27,32)/t16-,18-,19+,24-/m1/s1. The van der Waals surface area contributed by atoms with E-state index in [2.05, 4.69) is 10.2 Å². The molecule has 0 saturated carbocycles. The van der Waals surface area contributed by atoms with Gasteiger partial charge in [0, 0.05) is 22.3 Å². The second-order valence-electron chi connectivity index (χ2n) is 9.24. The molecule has 0 unspecified atom stereocenters. The van der Waals surface area contributed by atoms with Gasteiger partial charge in [-0.3, -0.25) is 19.3 Å². The number of hydrogen-bond acceptors (Lipinski definition) is 4. The monoisotopic (exact) mass is 469 g/mol. The number of nitrogens with zero attached hydrogens (tertiary/aromatic N) is 2. The maximum Gasteiger partial charge on any atom is 0.250 e. The van der Waals surface area contributed by atoms with Gasteiger partial charge in [0.25, 0.3) is 0 Å². The molecule has 4 heterocycles. The van der Waals surface area contributed by atoms with Gasteiger partial charge in [0.1, 0.15) is 5.54 Å². The number of fused-ring (bicyclic) bond motifs is 7. The molecule has 3 fully saturated rings. The smallest absolute Gasteiger partial charge is 0.250 e. The highest BCUT2D eigenvalue weighted by Gasteiger charge is 2.74. The van der Waals surface area contributed by atoms with Gasteiger partial charge in [0.05, 0.1) is 22.5 Å². The Hall–Kier alpha value is -2.41. The van der Waals surface area contributed by atoms with E-state index in [1.165, 1.54) is 6.07 Å². The Balaban J connectivity index is 1.59. The quantitative estimate of drug-likeness (QED) is 0.639. The van der Waals surface area contributed by atoms with E-state index in [4.69, 9.17) is 23.2 Å². The Morgan fingerprint density at radius 3 is 2.62 bits per heavy atom. The minimum absolute atomic E-state index is 0.170. The van der Waals surface area contributed by atoms with E-state index in [9.17, 15) is 14.4 Å². The van der Waals surface area contributed by atoms with Crippen LogP contribution in [0.4, 0.5) is 11.4 Å². The van der Waals surface area contributed by atoms with Crippen LogP contribution in [0.25, 0.3) is 0 Å². The lowest BCUT2D eigenvalue weighted by Crippen LogP contribution is -2.54. The van der Waals surface area contributed by atoms with Crippen molar-refractivity contribution in [2.45, 2.75) is 38.3 Å². The molecule has 4 aliphatic heterocycles. The van der Waals surface area contributed by atoms with E-state index >= 15 is 0 Å². The Morgan fingerprint density at radius 1 is 1.06 bits per heavy atom. The molecule has 3 saturated heterocycles. The van der Waals surface area contributed by atoms with Crippen LogP contribution in [-0.4, -0.2) is 35.2 Å². The largest absolute Gasteiger partial charge is 0.324 e. The predicted molar refractivity (Wildman–Crippen MR) is 122 cm³/mol. The predicted octanol–water partition coefficient (Wildman–Crippen LogP) is 4.04. The zero-order chi connectivity index (χ0) is 22.5. The summed E-state index contributed by atoms with van der Waals surface area (Å²) in [5.74, 6) is -2.32. The van der Waals surface area contributed by atoms with Crippen LogP contribution in [0, 0.1) is 25.7 Å². The van der Waals surface area contributed by atoms with Crippen LogP contribution in [-0.2, 0) is 19.9 Å². The summed E-state index contributed by atoms with van der Waals surface area (Å²) in [6.07, 6.45) is 1.65. The first kappa shape index (κ1) is 20.2. The third kappa shape index (κ3) is 2.28. The highest BCUT2D eigenvalue weighted by molar-refractivity contribution is 6.38. The number of carbonyl (C=O) groups excluding carboxylic acids is 3. The number of halogens is 2. The first-order valence-corrected chi connectivity index (χ1v) is 11.5. The topological polar surface area (TPSA) is 69.7 Å². The van der Waals surface area contributed by atoms with E-state index in [1.807, 2.05) is 26.0 Å². The lowest BCUT2D eigenvalue weighted by molar-refractivity contribution is -0.135. The molecule has 32 heavy (non-hydrogen) atoms. The summed E-state index contributed by atoms with van der Waals surface area (Å²) in [7, 11) is 0. The van der Waals surface area contributed by atoms with Crippen LogP contribution < -0.4 is 10.2 Å². The van der Waals surface area contributed by atoms with E-state index < -0.39 is 17.4 Å². The fourth-order valence-corrected chi connectivity index (χ4v) is 6.92. The molecule has 4 aliphatic rings. The molecule has 164 valence electrons. The summed E-state index contributed by atoms with van der Waals surface area (Å²) in [4.78, 5) is 44.7. The van der Waals surface area contributed by atoms with Crippen molar-refractivity contribution in [3.05, 3.63) is 57.1 Å². The lowest BCUT2D eigenvalue weighted by Gasteiger charge is -2.37. The summed E-state index contributed by atoms with van der Waals surface area (Å²) in [6, 6.07) is 8.58. The molecule has 1 spiro atoms. The molecule has 8 heteroatoms. The molecule has 2 aromatic rings. The third-order valence-electron chi connectivity index (χ3n) is 7.59. The van der Waals surface area contributed by atoms with Crippen LogP contribution >= 0.6 is 23.2 Å². The van der Waals surface area contributed by atoms with Gasteiger partial charge in [-0.25, -0.2) is 4.90 Å². The summed E-state index contributed by atoms with van der Waals surface area (Å²) >= 11 is 12.5. The van der Waals surface area contributed by atoms with Gasteiger partial charge in [-0.05, 0) is 57.0 Å². The van der Waals surface area contributed by atoms with Crippen LogP contribution in [0.3, 0.4) is 0 Å². The molecule has 0 aromatic heterocycles. The van der Waals surface area contributed by atoms with Gasteiger partial charge >= 0.3 is 0 Å². The maximum atomic E-state index is 14.0. The summed E-state index contributed by atoms with van der Waals surface area (Å²) in [5.41, 5.74) is 2.62. The Morgan fingerprint density at radius 2 is 1.84 bits per heavy atom. The fourth-order valence-electron chi connectivity index (χ4n) is 6.55. The molecule has 0 bridgehead atoms. The van der Waals surface area contributed by atoms with Gasteiger partial charge in [-0.15, -0.1) is 0 Å². The third-order valence-corrected chi connectivity index (χ3v) is 8.15. The lowest BCUT2D eigenvalue weighted by atomic mass is 9.75. The number of rotatable bonds is 1. The average molecular weight is 470 g/mol.